The van der Waals surface area contributed by atoms with Crippen LogP contribution in [-0.2, 0) is 9.53 Å². The molecule has 0 aliphatic rings. The van der Waals surface area contributed by atoms with Gasteiger partial charge in [-0.1, -0.05) is 12.1 Å². The Morgan fingerprint density at radius 2 is 1.74 bits per heavy atom. The summed E-state index contributed by atoms with van der Waals surface area (Å²) in [6.07, 6.45) is 0. The summed E-state index contributed by atoms with van der Waals surface area (Å²) in [6.45, 7) is 3.55. The summed E-state index contributed by atoms with van der Waals surface area (Å²) >= 11 is 2.18. The minimum Gasteiger partial charge on any atom is -0.452 e. The van der Waals surface area contributed by atoms with Crippen LogP contribution in [-0.4, -0.2) is 28.5 Å². The van der Waals surface area contributed by atoms with E-state index < -0.39 is 5.97 Å². The molecule has 0 bridgehead atoms. The first-order valence-corrected chi connectivity index (χ1v) is 9.36. The molecule has 0 saturated carbocycles. The van der Waals surface area contributed by atoms with E-state index in [0.717, 1.165) is 26.3 Å². The Hall–Kier alpha value is -2.68. The van der Waals surface area contributed by atoms with Crippen molar-refractivity contribution < 1.29 is 14.3 Å². The molecule has 3 rings (SSSR count). The second-order valence-electron chi connectivity index (χ2n) is 6.00. The fraction of sp³-hybridized carbons (Fsp3) is 0.150. The monoisotopic (exact) mass is 475 g/mol. The standard InChI is InChI=1S/C20H18IN3O3/c1-12-13(2)23-19(22-12)14-3-5-15(6-4-14)20(26)27-11-18(25)24-17-9-7-16(21)8-10-17/h3-10H,11H2,1-2H3,(H,22,23)(H,24,25). The van der Waals surface area contributed by atoms with Crippen LogP contribution >= 0.6 is 22.6 Å². The molecule has 0 fully saturated rings. The SMILES string of the molecule is Cc1nc(-c2ccc(C(=O)OCC(=O)Nc3ccc(I)cc3)cc2)[nH]c1C. The summed E-state index contributed by atoms with van der Waals surface area (Å²) in [6, 6.07) is 14.2. The third-order valence-corrected chi connectivity index (χ3v) is 4.70. The molecule has 0 spiro atoms. The van der Waals surface area contributed by atoms with Crippen molar-refractivity contribution in [3.05, 3.63) is 69.1 Å². The van der Waals surface area contributed by atoms with Crippen molar-refractivity contribution >= 4 is 40.2 Å². The molecule has 1 aromatic heterocycles. The number of aromatic nitrogens is 2. The molecule has 0 aliphatic carbocycles. The zero-order chi connectivity index (χ0) is 19.4. The molecule has 7 heteroatoms. The van der Waals surface area contributed by atoms with Crippen molar-refractivity contribution in [3.63, 3.8) is 0 Å². The van der Waals surface area contributed by atoms with Gasteiger partial charge < -0.3 is 15.0 Å². The van der Waals surface area contributed by atoms with Gasteiger partial charge in [-0.2, -0.15) is 0 Å². The molecule has 6 nitrogen and oxygen atoms in total. The molecule has 0 radical (unpaired) electrons. The van der Waals surface area contributed by atoms with Gasteiger partial charge in [0.05, 0.1) is 11.3 Å². The first-order chi connectivity index (χ1) is 12.9. The number of hydrogen-bond donors (Lipinski definition) is 2. The van der Waals surface area contributed by atoms with Gasteiger partial charge in [-0.05, 0) is 72.8 Å². The van der Waals surface area contributed by atoms with E-state index in [1.807, 2.05) is 26.0 Å². The third-order valence-electron chi connectivity index (χ3n) is 3.98. The fourth-order valence-electron chi connectivity index (χ4n) is 2.39. The predicted molar refractivity (Wildman–Crippen MR) is 112 cm³/mol. The molecule has 138 valence electrons. The van der Waals surface area contributed by atoms with E-state index >= 15 is 0 Å². The van der Waals surface area contributed by atoms with Crippen LogP contribution in [0.2, 0.25) is 0 Å². The number of H-pyrrole nitrogens is 1. The summed E-state index contributed by atoms with van der Waals surface area (Å²) in [5.74, 6) is -0.185. The topological polar surface area (TPSA) is 84.1 Å². The lowest BCUT2D eigenvalue weighted by Gasteiger charge is -2.07. The predicted octanol–water partition coefficient (Wildman–Crippen LogP) is 4.09. The number of benzene rings is 2. The van der Waals surface area contributed by atoms with Gasteiger partial charge in [-0.15, -0.1) is 0 Å². The summed E-state index contributed by atoms with van der Waals surface area (Å²) in [5.41, 5.74) is 3.85. The molecule has 0 saturated heterocycles. The first kappa shape index (κ1) is 19.1. The average Bonchev–Trinajstić information content (AvgIpc) is 3.00. The first-order valence-electron chi connectivity index (χ1n) is 8.28. The number of anilines is 1. The Bertz CT molecular complexity index is 944. The van der Waals surface area contributed by atoms with Crippen molar-refractivity contribution in [1.82, 2.24) is 9.97 Å². The van der Waals surface area contributed by atoms with Gasteiger partial charge in [0, 0.05) is 20.5 Å². The number of hydrogen-bond acceptors (Lipinski definition) is 4. The number of aromatic amines is 1. The number of ether oxygens (including phenoxy) is 1. The second-order valence-corrected chi connectivity index (χ2v) is 7.25. The zero-order valence-corrected chi connectivity index (χ0v) is 17.0. The number of rotatable bonds is 5. The van der Waals surface area contributed by atoms with E-state index in [4.69, 9.17) is 4.74 Å². The Balaban J connectivity index is 1.56. The van der Waals surface area contributed by atoms with Crippen LogP contribution in [0.15, 0.2) is 48.5 Å². The fourth-order valence-corrected chi connectivity index (χ4v) is 2.75. The van der Waals surface area contributed by atoms with Gasteiger partial charge in [0.2, 0.25) is 0 Å². The molecule has 0 atom stereocenters. The molecule has 2 aromatic carbocycles. The van der Waals surface area contributed by atoms with Crippen molar-refractivity contribution in [2.75, 3.05) is 11.9 Å². The maximum atomic E-state index is 12.1. The molecule has 3 aromatic rings. The van der Waals surface area contributed by atoms with E-state index in [1.54, 1.807) is 36.4 Å². The maximum absolute atomic E-state index is 12.1. The quantitative estimate of drug-likeness (QED) is 0.430. The third kappa shape index (κ3) is 4.94. The largest absolute Gasteiger partial charge is 0.452 e. The van der Waals surface area contributed by atoms with E-state index in [-0.39, 0.29) is 12.5 Å². The number of nitrogens with zero attached hydrogens (tertiary/aromatic N) is 1. The average molecular weight is 475 g/mol. The van der Waals surface area contributed by atoms with Gasteiger partial charge in [-0.3, -0.25) is 4.79 Å². The van der Waals surface area contributed by atoms with Gasteiger partial charge >= 0.3 is 5.97 Å². The number of carbonyl (C=O) groups is 2. The molecule has 0 aliphatic heterocycles. The van der Waals surface area contributed by atoms with Crippen LogP contribution in [0.4, 0.5) is 5.69 Å². The van der Waals surface area contributed by atoms with Crippen molar-refractivity contribution in [2.24, 2.45) is 0 Å². The lowest BCUT2D eigenvalue weighted by atomic mass is 10.1. The number of carbonyl (C=O) groups excluding carboxylic acids is 2. The smallest absolute Gasteiger partial charge is 0.338 e. The van der Waals surface area contributed by atoms with Crippen LogP contribution < -0.4 is 5.32 Å². The Morgan fingerprint density at radius 3 is 2.33 bits per heavy atom. The van der Waals surface area contributed by atoms with E-state index in [1.165, 1.54) is 0 Å². The van der Waals surface area contributed by atoms with E-state index in [9.17, 15) is 9.59 Å². The molecule has 27 heavy (non-hydrogen) atoms. The second kappa shape index (κ2) is 8.34. The summed E-state index contributed by atoms with van der Waals surface area (Å²) < 4.78 is 6.15. The minimum absolute atomic E-state index is 0.344. The van der Waals surface area contributed by atoms with Crippen molar-refractivity contribution in [3.8, 4) is 11.4 Å². The highest BCUT2D eigenvalue weighted by Crippen LogP contribution is 2.18. The Morgan fingerprint density at radius 1 is 1.07 bits per heavy atom. The Labute approximate surface area is 170 Å². The summed E-state index contributed by atoms with van der Waals surface area (Å²) in [4.78, 5) is 31.7. The Kier molecular flexibility index (Phi) is 5.90. The molecule has 1 amide bonds. The lowest BCUT2D eigenvalue weighted by Crippen LogP contribution is -2.20. The van der Waals surface area contributed by atoms with Gasteiger partial charge in [0.1, 0.15) is 5.82 Å². The number of halogens is 1. The van der Waals surface area contributed by atoms with Crippen LogP contribution in [0.25, 0.3) is 11.4 Å². The highest BCUT2D eigenvalue weighted by molar-refractivity contribution is 14.1. The van der Waals surface area contributed by atoms with Crippen LogP contribution in [0.3, 0.4) is 0 Å². The van der Waals surface area contributed by atoms with Crippen molar-refractivity contribution in [2.45, 2.75) is 13.8 Å². The van der Waals surface area contributed by atoms with E-state index in [2.05, 4.69) is 37.9 Å². The maximum Gasteiger partial charge on any atom is 0.338 e. The van der Waals surface area contributed by atoms with Gasteiger partial charge in [0.25, 0.3) is 5.91 Å². The van der Waals surface area contributed by atoms with Crippen molar-refractivity contribution in [1.29, 1.82) is 0 Å². The molecular formula is C20H18IN3O3. The highest BCUT2D eigenvalue weighted by atomic mass is 127. The van der Waals surface area contributed by atoms with E-state index in [0.29, 0.717) is 11.3 Å². The normalized spacial score (nSPS) is 10.5. The zero-order valence-electron chi connectivity index (χ0n) is 14.9. The van der Waals surface area contributed by atoms with Gasteiger partial charge in [0.15, 0.2) is 6.61 Å². The summed E-state index contributed by atoms with van der Waals surface area (Å²) in [7, 11) is 0. The minimum atomic E-state index is -0.550. The van der Waals surface area contributed by atoms with Crippen LogP contribution in [0.1, 0.15) is 21.7 Å². The molecule has 2 N–H and O–H groups in total. The number of nitrogens with one attached hydrogen (secondary N) is 2. The molecular weight excluding hydrogens is 457 g/mol. The summed E-state index contributed by atoms with van der Waals surface area (Å²) in [5, 5.41) is 2.68. The van der Waals surface area contributed by atoms with Crippen LogP contribution in [0, 0.1) is 17.4 Å². The highest BCUT2D eigenvalue weighted by Gasteiger charge is 2.12. The number of aryl methyl sites for hydroxylation is 2. The number of imidazole rings is 1. The molecule has 1 heterocycles. The molecule has 0 unspecified atom stereocenters. The number of esters is 1. The van der Waals surface area contributed by atoms with Gasteiger partial charge in [-0.25, -0.2) is 9.78 Å². The number of amides is 1. The lowest BCUT2D eigenvalue weighted by molar-refractivity contribution is -0.119. The van der Waals surface area contributed by atoms with Crippen LogP contribution in [0.5, 0.6) is 0 Å².